The summed E-state index contributed by atoms with van der Waals surface area (Å²) < 4.78 is 0. The Morgan fingerprint density at radius 3 is 2.31 bits per heavy atom. The van der Waals surface area contributed by atoms with Crippen LogP contribution in [-0.2, 0) is 5.41 Å². The molecule has 0 bridgehead atoms. The average molecular weight is 387 g/mol. The third kappa shape index (κ3) is 5.08. The maximum atomic E-state index is 12.2. The lowest BCUT2D eigenvalue weighted by Gasteiger charge is -2.23. The molecule has 1 amide bonds. The lowest BCUT2D eigenvalue weighted by Crippen LogP contribution is -2.14. The first-order valence-corrected chi connectivity index (χ1v) is 9.61. The van der Waals surface area contributed by atoms with Crippen LogP contribution in [0.25, 0.3) is 0 Å². The fraction of sp³-hybridized carbons (Fsp3) is 0.208. The van der Waals surface area contributed by atoms with Crippen molar-refractivity contribution in [3.63, 3.8) is 0 Å². The van der Waals surface area contributed by atoms with Crippen molar-refractivity contribution < 1.29 is 9.90 Å². The van der Waals surface area contributed by atoms with Gasteiger partial charge in [-0.2, -0.15) is 5.11 Å². The molecule has 0 aromatic heterocycles. The van der Waals surface area contributed by atoms with Gasteiger partial charge in [0.1, 0.15) is 11.4 Å². The predicted octanol–water partition coefficient (Wildman–Crippen LogP) is 6.75. The number of nitrogens with one attached hydrogen (secondary N) is 1. The second-order valence-electron chi connectivity index (χ2n) is 7.51. The number of benzene rings is 3. The molecule has 0 spiro atoms. The van der Waals surface area contributed by atoms with Crippen LogP contribution in [-0.4, -0.2) is 11.0 Å². The minimum absolute atomic E-state index is 0.00339. The van der Waals surface area contributed by atoms with E-state index in [0.717, 1.165) is 12.0 Å². The molecule has 0 unspecified atom stereocenters. The van der Waals surface area contributed by atoms with Gasteiger partial charge in [0, 0.05) is 11.3 Å². The highest BCUT2D eigenvalue weighted by Gasteiger charge is 2.19. The Kier molecular flexibility index (Phi) is 6.07. The fourth-order valence-electron chi connectivity index (χ4n) is 2.74. The van der Waals surface area contributed by atoms with Crippen LogP contribution in [0.2, 0.25) is 0 Å². The van der Waals surface area contributed by atoms with Crippen LogP contribution in [0.1, 0.15) is 43.1 Å². The first kappa shape index (κ1) is 20.3. The van der Waals surface area contributed by atoms with Crippen molar-refractivity contribution in [2.45, 2.75) is 32.6 Å². The number of nitrogens with zero attached hydrogens (tertiary/aromatic N) is 2. The van der Waals surface area contributed by atoms with Gasteiger partial charge in [-0.25, -0.2) is 0 Å². The van der Waals surface area contributed by atoms with Gasteiger partial charge in [-0.3, -0.25) is 4.79 Å². The first-order valence-electron chi connectivity index (χ1n) is 9.61. The van der Waals surface area contributed by atoms with Crippen molar-refractivity contribution >= 4 is 23.0 Å². The summed E-state index contributed by atoms with van der Waals surface area (Å²) in [5.74, 6) is -0.0728. The van der Waals surface area contributed by atoms with E-state index in [2.05, 4.69) is 36.3 Å². The topological polar surface area (TPSA) is 74.1 Å². The van der Waals surface area contributed by atoms with E-state index in [0.29, 0.717) is 22.6 Å². The largest absolute Gasteiger partial charge is 0.506 e. The number of rotatable bonds is 6. The molecule has 148 valence electrons. The van der Waals surface area contributed by atoms with Gasteiger partial charge in [0.2, 0.25) is 0 Å². The Morgan fingerprint density at radius 1 is 0.966 bits per heavy atom. The molecule has 3 aromatic carbocycles. The number of carbonyl (C=O) groups excluding carboxylic acids is 1. The highest BCUT2D eigenvalue weighted by molar-refractivity contribution is 6.04. The van der Waals surface area contributed by atoms with E-state index in [4.69, 9.17) is 0 Å². The van der Waals surface area contributed by atoms with E-state index in [9.17, 15) is 9.90 Å². The van der Waals surface area contributed by atoms with Gasteiger partial charge in [-0.15, -0.1) is 5.11 Å². The number of hydrogen-bond donors (Lipinski definition) is 2. The van der Waals surface area contributed by atoms with Crippen LogP contribution in [0.4, 0.5) is 17.1 Å². The summed E-state index contributed by atoms with van der Waals surface area (Å²) in [5, 5.41) is 21.4. The van der Waals surface area contributed by atoms with Gasteiger partial charge in [0.05, 0.1) is 5.69 Å². The molecule has 0 saturated heterocycles. The minimum atomic E-state index is -0.166. The number of aromatic hydroxyl groups is 1. The van der Waals surface area contributed by atoms with Crippen LogP contribution >= 0.6 is 0 Å². The molecule has 0 heterocycles. The van der Waals surface area contributed by atoms with E-state index in [1.165, 1.54) is 0 Å². The number of phenols is 1. The summed E-state index contributed by atoms with van der Waals surface area (Å²) in [6.07, 6.45) is 0.977. The standard InChI is InChI=1S/C24H25N3O2/c1-4-24(2,3)18-10-15-22(28)21(16-18)27-26-20-13-11-19(12-14-20)25-23(29)17-8-6-5-7-9-17/h5-16,28H,4H2,1-3H3,(H,25,29). The van der Waals surface area contributed by atoms with Gasteiger partial charge in [-0.05, 0) is 65.9 Å². The number of amides is 1. The van der Waals surface area contributed by atoms with Gasteiger partial charge < -0.3 is 10.4 Å². The van der Waals surface area contributed by atoms with E-state index < -0.39 is 0 Å². The molecular formula is C24H25N3O2. The van der Waals surface area contributed by atoms with Crippen molar-refractivity contribution in [2.24, 2.45) is 10.2 Å². The monoisotopic (exact) mass is 387 g/mol. The average Bonchev–Trinajstić information content (AvgIpc) is 2.74. The number of hydrogen-bond acceptors (Lipinski definition) is 4. The van der Waals surface area contributed by atoms with Crippen molar-refractivity contribution in [1.29, 1.82) is 0 Å². The Labute approximate surface area is 171 Å². The molecule has 5 heteroatoms. The van der Waals surface area contributed by atoms with E-state index in [1.54, 1.807) is 42.5 Å². The Balaban J connectivity index is 1.72. The summed E-state index contributed by atoms with van der Waals surface area (Å²) in [4.78, 5) is 12.2. The van der Waals surface area contributed by atoms with Crippen molar-refractivity contribution in [3.05, 3.63) is 83.9 Å². The number of phenolic OH excluding ortho intramolecular Hbond substituents is 1. The minimum Gasteiger partial charge on any atom is -0.506 e. The maximum absolute atomic E-state index is 12.2. The molecule has 5 nitrogen and oxygen atoms in total. The van der Waals surface area contributed by atoms with Gasteiger partial charge in [0.25, 0.3) is 5.91 Å². The van der Waals surface area contributed by atoms with Crippen LogP contribution in [0.5, 0.6) is 5.75 Å². The van der Waals surface area contributed by atoms with Crippen molar-refractivity contribution in [2.75, 3.05) is 5.32 Å². The highest BCUT2D eigenvalue weighted by atomic mass is 16.3. The zero-order chi connectivity index (χ0) is 20.9. The zero-order valence-electron chi connectivity index (χ0n) is 16.9. The number of azo groups is 1. The lowest BCUT2D eigenvalue weighted by molar-refractivity contribution is 0.102. The zero-order valence-corrected chi connectivity index (χ0v) is 16.9. The molecule has 2 N–H and O–H groups in total. The van der Waals surface area contributed by atoms with Crippen LogP contribution in [0, 0.1) is 0 Å². The summed E-state index contributed by atoms with van der Waals surface area (Å²) in [6.45, 7) is 6.44. The molecule has 0 fully saturated rings. The second-order valence-corrected chi connectivity index (χ2v) is 7.51. The van der Waals surface area contributed by atoms with E-state index >= 15 is 0 Å². The molecule has 0 radical (unpaired) electrons. The third-order valence-electron chi connectivity index (χ3n) is 5.08. The summed E-state index contributed by atoms with van der Waals surface area (Å²) in [5.41, 5.74) is 3.43. The summed E-state index contributed by atoms with van der Waals surface area (Å²) in [7, 11) is 0. The van der Waals surface area contributed by atoms with Crippen LogP contribution in [0.15, 0.2) is 83.0 Å². The van der Waals surface area contributed by atoms with Crippen molar-refractivity contribution in [1.82, 2.24) is 0 Å². The number of anilines is 1. The van der Waals surface area contributed by atoms with Gasteiger partial charge in [-0.1, -0.05) is 45.0 Å². The molecule has 0 aliphatic carbocycles. The lowest BCUT2D eigenvalue weighted by atomic mass is 9.82. The fourth-order valence-corrected chi connectivity index (χ4v) is 2.74. The van der Waals surface area contributed by atoms with Crippen LogP contribution in [0.3, 0.4) is 0 Å². The third-order valence-corrected chi connectivity index (χ3v) is 5.08. The van der Waals surface area contributed by atoms with E-state index in [-0.39, 0.29) is 17.1 Å². The molecule has 0 aliphatic heterocycles. The predicted molar refractivity (Wildman–Crippen MR) is 116 cm³/mol. The van der Waals surface area contributed by atoms with Crippen molar-refractivity contribution in [3.8, 4) is 5.75 Å². The highest BCUT2D eigenvalue weighted by Crippen LogP contribution is 2.35. The SMILES string of the molecule is CCC(C)(C)c1ccc(O)c(N=Nc2ccc(NC(=O)c3ccccc3)cc2)c1. The second kappa shape index (κ2) is 8.69. The molecule has 0 aliphatic rings. The molecule has 3 rings (SSSR count). The molecule has 29 heavy (non-hydrogen) atoms. The van der Waals surface area contributed by atoms with Gasteiger partial charge in [0.15, 0.2) is 0 Å². The normalized spacial score (nSPS) is 11.6. The summed E-state index contributed by atoms with van der Waals surface area (Å²) in [6, 6.07) is 21.6. The Bertz CT molecular complexity index is 1010. The quantitative estimate of drug-likeness (QED) is 0.459. The summed E-state index contributed by atoms with van der Waals surface area (Å²) >= 11 is 0. The molecule has 3 aromatic rings. The Hall–Kier alpha value is -3.47. The first-order chi connectivity index (χ1) is 13.9. The maximum Gasteiger partial charge on any atom is 0.255 e. The molecular weight excluding hydrogens is 362 g/mol. The molecule has 0 saturated carbocycles. The van der Waals surface area contributed by atoms with Crippen LogP contribution < -0.4 is 5.32 Å². The smallest absolute Gasteiger partial charge is 0.255 e. The van der Waals surface area contributed by atoms with Gasteiger partial charge >= 0.3 is 0 Å². The number of carbonyl (C=O) groups is 1. The Morgan fingerprint density at radius 2 is 1.66 bits per heavy atom. The van der Waals surface area contributed by atoms with E-state index in [1.807, 2.05) is 30.3 Å². The molecule has 0 atom stereocenters.